The monoisotopic (exact) mass is 481 g/mol. The van der Waals surface area contributed by atoms with Crippen LogP contribution >= 0.6 is 0 Å². The molecule has 35 heavy (non-hydrogen) atoms. The van der Waals surface area contributed by atoms with Gasteiger partial charge in [-0.15, -0.1) is 0 Å². The van der Waals surface area contributed by atoms with E-state index in [0.29, 0.717) is 37.9 Å². The number of rotatable bonds is 15. The number of aliphatic hydroxyl groups is 1. The summed E-state index contributed by atoms with van der Waals surface area (Å²) in [4.78, 5) is 2.24. The molecule has 0 bridgehead atoms. The number of methoxy groups -OCH3 is 1. The van der Waals surface area contributed by atoms with Crippen LogP contribution in [-0.2, 0) is 11.3 Å². The molecular weight excluding hydrogens is 442 g/mol. The molecule has 0 spiro atoms. The van der Waals surface area contributed by atoms with E-state index in [1.807, 2.05) is 66.2 Å². The highest BCUT2D eigenvalue weighted by molar-refractivity contribution is 5.44. The Morgan fingerprint density at radius 3 is 2.37 bits per heavy atom. The second-order valence-corrected chi connectivity index (χ2v) is 8.71. The molecule has 7 heteroatoms. The minimum absolute atomic E-state index is 0.345. The summed E-state index contributed by atoms with van der Waals surface area (Å²) in [7, 11) is 1.65. The first kappa shape index (κ1) is 26.7. The number of hydrogen-bond donors (Lipinski definition) is 1. The molecule has 0 saturated heterocycles. The van der Waals surface area contributed by atoms with Crippen molar-refractivity contribution in [2.45, 2.75) is 52.7 Å². The fourth-order valence-electron chi connectivity index (χ4n) is 3.92. The highest BCUT2D eigenvalue weighted by Gasteiger charge is 2.22. The van der Waals surface area contributed by atoms with Gasteiger partial charge in [0.25, 0.3) is 0 Å². The molecule has 1 N–H and O–H groups in total. The molecule has 0 fully saturated rings. The predicted molar refractivity (Wildman–Crippen MR) is 139 cm³/mol. The van der Waals surface area contributed by atoms with Crippen molar-refractivity contribution < 1.29 is 19.3 Å². The molecule has 3 rings (SSSR count). The zero-order valence-electron chi connectivity index (χ0n) is 21.4. The first-order valence-electron chi connectivity index (χ1n) is 12.5. The van der Waals surface area contributed by atoms with Gasteiger partial charge in [0.1, 0.15) is 11.5 Å². The van der Waals surface area contributed by atoms with E-state index < -0.39 is 6.10 Å². The molecular formula is C28H39N3O4. The van der Waals surface area contributed by atoms with Gasteiger partial charge in [-0.3, -0.25) is 4.90 Å². The second kappa shape index (κ2) is 13.9. The Morgan fingerprint density at radius 1 is 1.00 bits per heavy atom. The lowest BCUT2D eigenvalue weighted by Crippen LogP contribution is -2.35. The molecule has 7 nitrogen and oxygen atoms in total. The van der Waals surface area contributed by atoms with Crippen molar-refractivity contribution >= 4 is 0 Å². The SMILES string of the molecule is CCCCOCC(O)CN(CCC)Cc1c(C)nn(-c2ccccc2)c1Oc1ccc(OC)cc1. The summed E-state index contributed by atoms with van der Waals surface area (Å²) in [5, 5.41) is 15.4. The number of hydrogen-bond acceptors (Lipinski definition) is 6. The first-order valence-corrected chi connectivity index (χ1v) is 12.5. The van der Waals surface area contributed by atoms with Crippen molar-refractivity contribution in [1.82, 2.24) is 14.7 Å². The average molecular weight is 482 g/mol. The third-order valence-corrected chi connectivity index (χ3v) is 5.75. The number of aryl methyl sites for hydroxylation is 1. The van der Waals surface area contributed by atoms with Gasteiger partial charge in [0.15, 0.2) is 0 Å². The number of nitrogens with zero attached hydrogens (tertiary/aromatic N) is 3. The van der Waals surface area contributed by atoms with E-state index in [-0.39, 0.29) is 0 Å². The van der Waals surface area contributed by atoms with E-state index in [2.05, 4.69) is 18.7 Å². The summed E-state index contributed by atoms with van der Waals surface area (Å²) < 4.78 is 19.2. The average Bonchev–Trinajstić information content (AvgIpc) is 3.17. The molecule has 1 aromatic heterocycles. The van der Waals surface area contributed by atoms with E-state index in [9.17, 15) is 5.11 Å². The maximum Gasteiger partial charge on any atom is 0.227 e. The zero-order chi connectivity index (χ0) is 25.0. The lowest BCUT2D eigenvalue weighted by atomic mass is 10.2. The van der Waals surface area contributed by atoms with Gasteiger partial charge >= 0.3 is 0 Å². The highest BCUT2D eigenvalue weighted by atomic mass is 16.5. The van der Waals surface area contributed by atoms with Crippen molar-refractivity contribution in [3.8, 4) is 23.1 Å². The van der Waals surface area contributed by atoms with Crippen LogP contribution in [0.2, 0.25) is 0 Å². The minimum Gasteiger partial charge on any atom is -0.497 e. The first-order chi connectivity index (χ1) is 17.0. The number of unbranched alkanes of at least 4 members (excludes halogenated alkanes) is 1. The van der Waals surface area contributed by atoms with Crippen molar-refractivity contribution in [3.05, 3.63) is 65.9 Å². The summed E-state index contributed by atoms with van der Waals surface area (Å²) in [6.07, 6.45) is 2.52. The molecule has 0 saturated carbocycles. The van der Waals surface area contributed by atoms with Crippen LogP contribution in [0.3, 0.4) is 0 Å². The molecule has 0 aliphatic heterocycles. The van der Waals surface area contributed by atoms with Gasteiger partial charge in [0.05, 0.1) is 36.8 Å². The zero-order valence-corrected chi connectivity index (χ0v) is 21.4. The summed E-state index contributed by atoms with van der Waals surface area (Å²) >= 11 is 0. The number of aliphatic hydroxyl groups excluding tert-OH is 1. The van der Waals surface area contributed by atoms with E-state index in [1.165, 1.54) is 0 Å². The van der Waals surface area contributed by atoms with Gasteiger partial charge in [-0.25, -0.2) is 4.68 Å². The van der Waals surface area contributed by atoms with Gasteiger partial charge in [-0.05, 0) is 62.7 Å². The number of benzene rings is 2. The number of ether oxygens (including phenoxy) is 3. The van der Waals surface area contributed by atoms with Crippen molar-refractivity contribution in [3.63, 3.8) is 0 Å². The Morgan fingerprint density at radius 2 is 1.71 bits per heavy atom. The highest BCUT2D eigenvalue weighted by Crippen LogP contribution is 2.32. The minimum atomic E-state index is -0.547. The summed E-state index contributed by atoms with van der Waals surface area (Å²) in [6.45, 7) is 9.30. The van der Waals surface area contributed by atoms with Gasteiger partial charge in [0, 0.05) is 19.7 Å². The Kier molecular flexibility index (Phi) is 10.6. The van der Waals surface area contributed by atoms with Crippen LogP contribution in [0.4, 0.5) is 0 Å². The topological polar surface area (TPSA) is 69.0 Å². The lowest BCUT2D eigenvalue weighted by molar-refractivity contribution is 0.0143. The van der Waals surface area contributed by atoms with Crippen molar-refractivity contribution in [2.75, 3.05) is 33.4 Å². The molecule has 0 aliphatic carbocycles. The molecule has 3 aromatic rings. The van der Waals surface area contributed by atoms with Crippen LogP contribution in [0.1, 0.15) is 44.4 Å². The Hall–Kier alpha value is -2.87. The summed E-state index contributed by atoms with van der Waals surface area (Å²) in [5.74, 6) is 2.15. The molecule has 0 aliphatic rings. The molecule has 190 valence electrons. The molecule has 1 atom stereocenters. The molecule has 0 amide bonds. The summed E-state index contributed by atoms with van der Waals surface area (Å²) in [5.41, 5.74) is 2.82. The van der Waals surface area contributed by atoms with Gasteiger partial charge in [-0.1, -0.05) is 38.5 Å². The van der Waals surface area contributed by atoms with Crippen LogP contribution in [0.15, 0.2) is 54.6 Å². The summed E-state index contributed by atoms with van der Waals surface area (Å²) in [6, 6.07) is 17.5. The maximum absolute atomic E-state index is 10.6. The van der Waals surface area contributed by atoms with Gasteiger partial charge < -0.3 is 19.3 Å². The molecule has 2 aromatic carbocycles. The van der Waals surface area contributed by atoms with Crippen LogP contribution in [0, 0.1) is 6.92 Å². The van der Waals surface area contributed by atoms with Gasteiger partial charge in [0.2, 0.25) is 5.88 Å². The van der Waals surface area contributed by atoms with E-state index in [4.69, 9.17) is 19.3 Å². The number of aromatic nitrogens is 2. The fraction of sp³-hybridized carbons (Fsp3) is 0.464. The third-order valence-electron chi connectivity index (χ3n) is 5.75. The Balaban J connectivity index is 1.86. The Bertz CT molecular complexity index is 1010. The van der Waals surface area contributed by atoms with Crippen LogP contribution in [-0.4, -0.2) is 59.3 Å². The largest absolute Gasteiger partial charge is 0.497 e. The Labute approximate surface area is 209 Å². The third kappa shape index (κ3) is 7.82. The lowest BCUT2D eigenvalue weighted by Gasteiger charge is -2.25. The van der Waals surface area contributed by atoms with Crippen LogP contribution in [0.25, 0.3) is 5.69 Å². The standard InChI is InChI=1S/C28H39N3O4/c1-5-7-18-34-21-24(32)19-30(17-6-2)20-27-22(3)29-31(23-11-9-8-10-12-23)28(27)35-26-15-13-25(33-4)14-16-26/h8-16,24,32H,5-7,17-21H2,1-4H3. The number of para-hydroxylation sites is 1. The van der Waals surface area contributed by atoms with E-state index >= 15 is 0 Å². The molecule has 0 radical (unpaired) electrons. The van der Waals surface area contributed by atoms with E-state index in [1.54, 1.807) is 7.11 Å². The molecule has 1 unspecified atom stereocenters. The van der Waals surface area contributed by atoms with Crippen molar-refractivity contribution in [2.24, 2.45) is 0 Å². The maximum atomic E-state index is 10.6. The van der Waals surface area contributed by atoms with Crippen LogP contribution < -0.4 is 9.47 Å². The normalized spacial score (nSPS) is 12.2. The fourth-order valence-corrected chi connectivity index (χ4v) is 3.92. The predicted octanol–water partition coefficient (Wildman–Crippen LogP) is 5.37. The quantitative estimate of drug-likeness (QED) is 0.294. The smallest absolute Gasteiger partial charge is 0.227 e. The van der Waals surface area contributed by atoms with E-state index in [0.717, 1.165) is 48.5 Å². The van der Waals surface area contributed by atoms with Crippen molar-refractivity contribution in [1.29, 1.82) is 0 Å². The second-order valence-electron chi connectivity index (χ2n) is 8.71. The van der Waals surface area contributed by atoms with Gasteiger partial charge in [-0.2, -0.15) is 5.10 Å². The van der Waals surface area contributed by atoms with Crippen LogP contribution in [0.5, 0.6) is 17.4 Å². The molecule has 1 heterocycles.